The number of aromatic nitrogens is 3. The topological polar surface area (TPSA) is 72.2 Å². The smallest absolute Gasteiger partial charge is 0.250 e. The van der Waals surface area contributed by atoms with E-state index in [9.17, 15) is 4.79 Å². The highest BCUT2D eigenvalue weighted by molar-refractivity contribution is 7.99. The summed E-state index contributed by atoms with van der Waals surface area (Å²) in [5.74, 6) is 0.596. The number of nitrogens with one attached hydrogen (secondary N) is 1. The first kappa shape index (κ1) is 19.4. The molecule has 0 bridgehead atoms. The predicted molar refractivity (Wildman–Crippen MR) is 109 cm³/mol. The van der Waals surface area contributed by atoms with Gasteiger partial charge < -0.3 is 4.57 Å². The number of hydrogen-bond acceptors (Lipinski definition) is 5. The lowest BCUT2D eigenvalue weighted by molar-refractivity contribution is -0.118. The second-order valence-electron chi connectivity index (χ2n) is 5.51. The van der Waals surface area contributed by atoms with Gasteiger partial charge in [-0.1, -0.05) is 59.2 Å². The number of rotatable bonds is 6. The van der Waals surface area contributed by atoms with Crippen molar-refractivity contribution in [3.8, 4) is 11.4 Å². The van der Waals surface area contributed by atoms with Crippen molar-refractivity contribution in [3.05, 3.63) is 64.1 Å². The molecule has 0 fully saturated rings. The molecule has 0 aliphatic heterocycles. The van der Waals surface area contributed by atoms with E-state index in [1.807, 2.05) is 41.9 Å². The Morgan fingerprint density at radius 3 is 2.67 bits per heavy atom. The van der Waals surface area contributed by atoms with E-state index in [0.29, 0.717) is 21.0 Å². The first-order valence-electron chi connectivity index (χ1n) is 7.88. The highest BCUT2D eigenvalue weighted by Crippen LogP contribution is 2.24. The largest absolute Gasteiger partial charge is 0.305 e. The van der Waals surface area contributed by atoms with Crippen molar-refractivity contribution in [2.75, 3.05) is 5.75 Å². The Morgan fingerprint density at radius 1 is 1.19 bits per heavy atom. The van der Waals surface area contributed by atoms with Gasteiger partial charge in [-0.05, 0) is 29.8 Å². The van der Waals surface area contributed by atoms with E-state index in [4.69, 9.17) is 23.2 Å². The maximum Gasteiger partial charge on any atom is 0.250 e. The molecule has 0 saturated carbocycles. The molecule has 9 heteroatoms. The normalized spacial score (nSPS) is 11.1. The summed E-state index contributed by atoms with van der Waals surface area (Å²) >= 11 is 13.2. The summed E-state index contributed by atoms with van der Waals surface area (Å²) in [5, 5.41) is 14.1. The fourth-order valence-electron chi connectivity index (χ4n) is 2.25. The van der Waals surface area contributed by atoms with Gasteiger partial charge in [-0.15, -0.1) is 10.2 Å². The van der Waals surface area contributed by atoms with Crippen LogP contribution >= 0.6 is 35.0 Å². The molecule has 3 rings (SSSR count). The van der Waals surface area contributed by atoms with Gasteiger partial charge >= 0.3 is 0 Å². The lowest BCUT2D eigenvalue weighted by atomic mass is 10.2. The number of benzene rings is 2. The molecule has 138 valence electrons. The first-order valence-corrected chi connectivity index (χ1v) is 9.62. The predicted octanol–water partition coefficient (Wildman–Crippen LogP) is 4.03. The first-order chi connectivity index (χ1) is 13.0. The van der Waals surface area contributed by atoms with Crippen LogP contribution < -0.4 is 5.43 Å². The molecular formula is C18H15Cl2N5OS. The molecule has 1 N–H and O–H groups in total. The van der Waals surface area contributed by atoms with Crippen LogP contribution in [0.4, 0.5) is 0 Å². The van der Waals surface area contributed by atoms with Gasteiger partial charge in [0, 0.05) is 22.7 Å². The average molecular weight is 420 g/mol. The van der Waals surface area contributed by atoms with Crippen molar-refractivity contribution in [1.82, 2.24) is 20.2 Å². The quantitative estimate of drug-likeness (QED) is 0.371. The number of nitrogens with zero attached hydrogens (tertiary/aromatic N) is 4. The fourth-order valence-corrected chi connectivity index (χ4v) is 3.34. The van der Waals surface area contributed by atoms with Gasteiger partial charge in [-0.25, -0.2) is 5.43 Å². The van der Waals surface area contributed by atoms with Crippen LogP contribution in [0.15, 0.2) is 58.8 Å². The van der Waals surface area contributed by atoms with Crippen molar-refractivity contribution < 1.29 is 4.79 Å². The van der Waals surface area contributed by atoms with Crippen LogP contribution in [0.25, 0.3) is 11.4 Å². The van der Waals surface area contributed by atoms with E-state index in [1.54, 1.807) is 18.2 Å². The van der Waals surface area contributed by atoms with E-state index in [-0.39, 0.29) is 11.7 Å². The summed E-state index contributed by atoms with van der Waals surface area (Å²) < 4.78 is 1.82. The molecule has 0 unspecified atom stereocenters. The minimum Gasteiger partial charge on any atom is -0.305 e. The summed E-state index contributed by atoms with van der Waals surface area (Å²) in [4.78, 5) is 12.0. The van der Waals surface area contributed by atoms with Crippen molar-refractivity contribution in [2.45, 2.75) is 5.16 Å². The Labute approximate surface area is 170 Å². The van der Waals surface area contributed by atoms with Gasteiger partial charge in [0.2, 0.25) is 0 Å². The van der Waals surface area contributed by atoms with Crippen LogP contribution in [-0.2, 0) is 11.8 Å². The van der Waals surface area contributed by atoms with Crippen LogP contribution in [0.2, 0.25) is 10.0 Å². The van der Waals surface area contributed by atoms with Crippen LogP contribution in [0.5, 0.6) is 0 Å². The van der Waals surface area contributed by atoms with Crippen LogP contribution in [0.1, 0.15) is 5.56 Å². The molecule has 3 aromatic rings. The average Bonchev–Trinajstić information content (AvgIpc) is 3.01. The van der Waals surface area contributed by atoms with E-state index in [2.05, 4.69) is 20.7 Å². The third kappa shape index (κ3) is 5.32. The van der Waals surface area contributed by atoms with Crippen LogP contribution in [-0.4, -0.2) is 32.6 Å². The Morgan fingerprint density at radius 2 is 1.93 bits per heavy atom. The maximum atomic E-state index is 12.0. The minimum atomic E-state index is -0.245. The van der Waals surface area contributed by atoms with Gasteiger partial charge in [0.1, 0.15) is 0 Å². The van der Waals surface area contributed by atoms with Crippen molar-refractivity contribution in [3.63, 3.8) is 0 Å². The zero-order chi connectivity index (χ0) is 19.2. The molecule has 0 aliphatic rings. The van der Waals surface area contributed by atoms with E-state index in [1.165, 1.54) is 18.0 Å². The zero-order valence-electron chi connectivity index (χ0n) is 14.3. The Bertz CT molecular complexity index is 989. The van der Waals surface area contributed by atoms with E-state index in [0.717, 1.165) is 11.1 Å². The Balaban J connectivity index is 1.56. The van der Waals surface area contributed by atoms with E-state index >= 15 is 0 Å². The number of amides is 1. The molecule has 27 heavy (non-hydrogen) atoms. The summed E-state index contributed by atoms with van der Waals surface area (Å²) in [5.41, 5.74) is 4.14. The molecular weight excluding hydrogens is 405 g/mol. The molecule has 0 radical (unpaired) electrons. The number of halogens is 2. The lowest BCUT2D eigenvalue weighted by Gasteiger charge is -2.04. The number of hydrogen-bond donors (Lipinski definition) is 1. The molecule has 0 spiro atoms. The maximum absolute atomic E-state index is 12.0. The van der Waals surface area contributed by atoms with Gasteiger partial charge in [0.15, 0.2) is 11.0 Å². The summed E-state index contributed by atoms with van der Waals surface area (Å²) in [6, 6.07) is 14.5. The van der Waals surface area contributed by atoms with Gasteiger partial charge in [-0.2, -0.15) is 5.10 Å². The highest BCUT2D eigenvalue weighted by Gasteiger charge is 2.13. The molecule has 6 nitrogen and oxygen atoms in total. The second-order valence-corrected chi connectivity index (χ2v) is 7.33. The molecule has 1 heterocycles. The molecule has 1 aromatic heterocycles. The molecule has 2 aromatic carbocycles. The summed E-state index contributed by atoms with van der Waals surface area (Å²) in [6.07, 6.45) is 1.54. The van der Waals surface area contributed by atoms with Gasteiger partial charge in [-0.3, -0.25) is 4.79 Å². The molecule has 1 amide bonds. The highest BCUT2D eigenvalue weighted by atomic mass is 35.5. The molecule has 0 atom stereocenters. The third-order valence-corrected chi connectivity index (χ3v) is 4.99. The lowest BCUT2D eigenvalue weighted by Crippen LogP contribution is -2.19. The number of carbonyl (C=O) groups is 1. The van der Waals surface area contributed by atoms with Crippen molar-refractivity contribution in [2.24, 2.45) is 12.1 Å². The van der Waals surface area contributed by atoms with E-state index < -0.39 is 0 Å². The number of carbonyl (C=O) groups excluding carboxylic acids is 1. The Kier molecular flexibility index (Phi) is 6.49. The molecule has 0 aliphatic carbocycles. The Hall–Kier alpha value is -2.35. The third-order valence-electron chi connectivity index (χ3n) is 3.50. The minimum absolute atomic E-state index is 0.161. The van der Waals surface area contributed by atoms with Gasteiger partial charge in [0.25, 0.3) is 5.91 Å². The standard InChI is InChI=1S/C18H15Cl2N5OS/c1-25-17(13-5-3-7-15(20)9-13)23-24-18(25)27-11-16(26)22-21-10-12-4-2-6-14(19)8-12/h2-10H,11H2,1H3,(H,22,26). The summed E-state index contributed by atoms with van der Waals surface area (Å²) in [7, 11) is 1.84. The SMILES string of the molecule is Cn1c(SCC(=O)NN=Cc2cccc(Cl)c2)nnc1-c1cccc(Cl)c1. The summed E-state index contributed by atoms with van der Waals surface area (Å²) in [6.45, 7) is 0. The second kappa shape index (κ2) is 9.03. The van der Waals surface area contributed by atoms with Gasteiger partial charge in [0.05, 0.1) is 12.0 Å². The van der Waals surface area contributed by atoms with Crippen LogP contribution in [0, 0.1) is 0 Å². The monoisotopic (exact) mass is 419 g/mol. The number of hydrazone groups is 1. The zero-order valence-corrected chi connectivity index (χ0v) is 16.6. The number of thioether (sulfide) groups is 1. The fraction of sp³-hybridized carbons (Fsp3) is 0.111. The molecule has 0 saturated heterocycles. The van der Waals surface area contributed by atoms with Crippen molar-refractivity contribution >= 4 is 47.1 Å². The van der Waals surface area contributed by atoms with Crippen molar-refractivity contribution in [1.29, 1.82) is 0 Å². The van der Waals surface area contributed by atoms with Crippen LogP contribution in [0.3, 0.4) is 0 Å².